The minimum atomic E-state index is -0.179. The Hall–Kier alpha value is -2.36. The lowest BCUT2D eigenvalue weighted by atomic mass is 9.34. The topological polar surface area (TPSA) is 92.5 Å². The minimum absolute atomic E-state index is 0.137. The van der Waals surface area contributed by atoms with Gasteiger partial charge in [0.15, 0.2) is 0 Å². The third-order valence-corrected chi connectivity index (χ3v) is 9.27. The largest absolute Gasteiger partial charge is 0.506 e. The van der Waals surface area contributed by atoms with Gasteiger partial charge in [-0.25, -0.2) is 0 Å². The van der Waals surface area contributed by atoms with E-state index in [0.717, 1.165) is 0 Å². The number of hydrogen-bond acceptors (Lipinski definition) is 4. The van der Waals surface area contributed by atoms with Crippen LogP contribution in [0, 0.1) is 22.7 Å². The molecule has 0 saturated heterocycles. The van der Waals surface area contributed by atoms with Gasteiger partial charge in [-0.1, -0.05) is 38.8 Å². The first kappa shape index (κ1) is 19.6. The smallest absolute Gasteiger partial charge is 0.138 e. The molecule has 30 heavy (non-hydrogen) atoms. The second-order valence-corrected chi connectivity index (χ2v) is 10.5. The molecule has 6 N–H and O–H groups in total. The summed E-state index contributed by atoms with van der Waals surface area (Å²) in [6.07, 6.45) is 8.76. The molecule has 0 aromatic heterocycles. The van der Waals surface area contributed by atoms with E-state index in [1.807, 2.05) is 12.1 Å². The third kappa shape index (κ3) is 2.45. The number of hydrogen-bond donors (Lipinski definition) is 4. The summed E-state index contributed by atoms with van der Waals surface area (Å²) in [6.45, 7) is 4.74. The Labute approximate surface area is 179 Å². The average Bonchev–Trinajstić information content (AvgIpc) is 2.72. The lowest BCUT2D eigenvalue weighted by Crippen LogP contribution is -2.62. The third-order valence-electron chi connectivity index (χ3n) is 9.27. The van der Waals surface area contributed by atoms with Crippen LogP contribution in [0.1, 0.15) is 69.9 Å². The number of nitrogen functional groups attached to an aromatic ring is 2. The van der Waals surface area contributed by atoms with Crippen LogP contribution in [0.2, 0.25) is 0 Å². The fraction of sp³-hybridized carbons (Fsp3) is 0.538. The van der Waals surface area contributed by atoms with Crippen molar-refractivity contribution in [2.75, 3.05) is 11.5 Å². The predicted octanol–water partition coefficient (Wildman–Crippen LogP) is 5.56. The Kier molecular flexibility index (Phi) is 4.13. The Morgan fingerprint density at radius 1 is 0.767 bits per heavy atom. The van der Waals surface area contributed by atoms with Gasteiger partial charge in [-0.15, -0.1) is 0 Å². The van der Waals surface area contributed by atoms with Gasteiger partial charge in [0, 0.05) is 5.41 Å². The van der Waals surface area contributed by atoms with Crippen molar-refractivity contribution in [1.82, 2.24) is 0 Å². The van der Waals surface area contributed by atoms with E-state index in [1.54, 1.807) is 12.1 Å². The van der Waals surface area contributed by atoms with Gasteiger partial charge in [-0.05, 0) is 90.2 Å². The second-order valence-electron chi connectivity index (χ2n) is 10.5. The highest BCUT2D eigenvalue weighted by Crippen LogP contribution is 2.74. The Morgan fingerprint density at radius 2 is 1.17 bits per heavy atom. The van der Waals surface area contributed by atoms with Crippen LogP contribution >= 0.6 is 0 Å². The molecule has 2 aromatic carbocycles. The fourth-order valence-electron chi connectivity index (χ4n) is 8.02. The first-order chi connectivity index (χ1) is 14.3. The normalized spacial score (nSPS) is 33.7. The summed E-state index contributed by atoms with van der Waals surface area (Å²) < 4.78 is 0. The fourth-order valence-corrected chi connectivity index (χ4v) is 8.02. The highest BCUT2D eigenvalue weighted by molar-refractivity contribution is 5.61. The Bertz CT molecular complexity index is 907. The summed E-state index contributed by atoms with van der Waals surface area (Å²) >= 11 is 0. The number of rotatable bonds is 4. The first-order valence-corrected chi connectivity index (χ1v) is 11.5. The summed E-state index contributed by atoms with van der Waals surface area (Å²) in [5.41, 5.74) is 16.3. The van der Waals surface area contributed by atoms with Gasteiger partial charge >= 0.3 is 0 Å². The molecular weight excluding hydrogens is 372 g/mol. The van der Waals surface area contributed by atoms with Gasteiger partial charge in [-0.3, -0.25) is 0 Å². The summed E-state index contributed by atoms with van der Waals surface area (Å²) in [6, 6.07) is 11.6. The molecule has 0 unspecified atom stereocenters. The molecule has 2 aromatic rings. The molecule has 6 rings (SSSR count). The van der Waals surface area contributed by atoms with Crippen molar-refractivity contribution >= 4 is 11.4 Å². The predicted molar refractivity (Wildman–Crippen MR) is 121 cm³/mol. The van der Waals surface area contributed by atoms with E-state index >= 15 is 0 Å². The van der Waals surface area contributed by atoms with E-state index in [0.29, 0.717) is 34.0 Å². The van der Waals surface area contributed by atoms with Crippen molar-refractivity contribution in [1.29, 1.82) is 0 Å². The molecule has 0 amide bonds. The number of nitrogens with two attached hydrogens (primary N) is 2. The molecule has 4 fully saturated rings. The van der Waals surface area contributed by atoms with Crippen molar-refractivity contribution in [3.8, 4) is 11.5 Å². The second kappa shape index (κ2) is 6.32. The molecule has 4 nitrogen and oxygen atoms in total. The van der Waals surface area contributed by atoms with Crippen molar-refractivity contribution in [2.45, 2.75) is 64.2 Å². The van der Waals surface area contributed by atoms with E-state index < -0.39 is 0 Å². The SMILES string of the molecule is CCC12CC3CC(CC)(CC(C1)C3(c1ccc(O)c(N)c1)c1ccc(O)c(N)c1)C2. The lowest BCUT2D eigenvalue weighted by molar-refractivity contribution is -0.151. The van der Waals surface area contributed by atoms with E-state index in [4.69, 9.17) is 11.5 Å². The highest BCUT2D eigenvalue weighted by atomic mass is 16.3. The Balaban J connectivity index is 1.76. The van der Waals surface area contributed by atoms with Gasteiger partial charge < -0.3 is 21.7 Å². The van der Waals surface area contributed by atoms with Crippen LogP contribution in [0.15, 0.2) is 36.4 Å². The van der Waals surface area contributed by atoms with Crippen LogP contribution in [-0.2, 0) is 5.41 Å². The molecule has 4 bridgehead atoms. The van der Waals surface area contributed by atoms with Gasteiger partial charge in [0.25, 0.3) is 0 Å². The van der Waals surface area contributed by atoms with Crippen LogP contribution < -0.4 is 11.5 Å². The van der Waals surface area contributed by atoms with Crippen LogP contribution in [-0.4, -0.2) is 10.2 Å². The van der Waals surface area contributed by atoms with Crippen LogP contribution in [0.25, 0.3) is 0 Å². The van der Waals surface area contributed by atoms with E-state index in [-0.39, 0.29) is 16.9 Å². The van der Waals surface area contributed by atoms with E-state index in [1.165, 1.54) is 56.1 Å². The molecular formula is C26H34N2O2. The number of benzene rings is 2. The molecule has 160 valence electrons. The van der Waals surface area contributed by atoms with Crippen molar-refractivity contribution in [3.05, 3.63) is 47.5 Å². The van der Waals surface area contributed by atoms with Crippen LogP contribution in [0.3, 0.4) is 0 Å². The molecule has 0 aliphatic heterocycles. The van der Waals surface area contributed by atoms with Gasteiger partial charge in [0.05, 0.1) is 11.4 Å². The lowest BCUT2D eigenvalue weighted by Gasteiger charge is -2.70. The number of aromatic hydroxyl groups is 2. The number of phenolic OH excluding ortho intramolecular Hbond substituents is 2. The van der Waals surface area contributed by atoms with Crippen molar-refractivity contribution in [3.63, 3.8) is 0 Å². The maximum atomic E-state index is 10.1. The zero-order valence-electron chi connectivity index (χ0n) is 18.1. The minimum Gasteiger partial charge on any atom is -0.506 e. The van der Waals surface area contributed by atoms with Gasteiger partial charge in [-0.2, -0.15) is 0 Å². The Morgan fingerprint density at radius 3 is 1.50 bits per heavy atom. The van der Waals surface area contributed by atoms with Crippen LogP contribution in [0.5, 0.6) is 11.5 Å². The summed E-state index contributed by atoms with van der Waals surface area (Å²) in [5.74, 6) is 1.29. The van der Waals surface area contributed by atoms with Gasteiger partial charge in [0.1, 0.15) is 11.5 Å². The zero-order chi connectivity index (χ0) is 21.3. The summed E-state index contributed by atoms with van der Waals surface area (Å²) in [4.78, 5) is 0. The quantitative estimate of drug-likeness (QED) is 0.395. The number of phenols is 2. The summed E-state index contributed by atoms with van der Waals surface area (Å²) in [5, 5.41) is 20.2. The average molecular weight is 407 g/mol. The highest BCUT2D eigenvalue weighted by Gasteiger charge is 2.66. The maximum absolute atomic E-state index is 10.1. The van der Waals surface area contributed by atoms with Crippen LogP contribution in [0.4, 0.5) is 11.4 Å². The first-order valence-electron chi connectivity index (χ1n) is 11.5. The van der Waals surface area contributed by atoms with E-state index in [2.05, 4.69) is 26.0 Å². The number of anilines is 2. The standard InChI is InChI=1S/C26H34N2O2/c1-3-24-11-18-13-25(4-2,15-24)14-19(12-24)26(18,16-5-7-22(29)20(27)9-16)17-6-8-23(30)21(28)10-17/h5-10,18-19,29-30H,3-4,11-15,27-28H2,1-2H3. The molecule has 4 aliphatic rings. The molecule has 0 radical (unpaired) electrons. The van der Waals surface area contributed by atoms with E-state index in [9.17, 15) is 10.2 Å². The molecule has 0 spiro atoms. The molecule has 4 saturated carbocycles. The molecule has 0 atom stereocenters. The molecule has 0 heterocycles. The maximum Gasteiger partial charge on any atom is 0.138 e. The van der Waals surface area contributed by atoms with Gasteiger partial charge in [0.2, 0.25) is 0 Å². The molecule has 4 aliphatic carbocycles. The van der Waals surface area contributed by atoms with Crippen molar-refractivity contribution < 1.29 is 10.2 Å². The zero-order valence-corrected chi connectivity index (χ0v) is 18.1. The van der Waals surface area contributed by atoms with Crippen molar-refractivity contribution in [2.24, 2.45) is 22.7 Å². The monoisotopic (exact) mass is 406 g/mol. The molecule has 4 heteroatoms. The summed E-state index contributed by atoms with van der Waals surface area (Å²) in [7, 11) is 0.